The molecule has 0 atom stereocenters. The van der Waals surface area contributed by atoms with E-state index in [1.807, 2.05) is 18.2 Å². The third-order valence-electron chi connectivity index (χ3n) is 2.02. The van der Waals surface area contributed by atoms with Gasteiger partial charge in [-0.15, -0.1) is 0 Å². The molecule has 0 fully saturated rings. The smallest absolute Gasteiger partial charge is 0.163 e. The standard InChI is InChI=1S/C12H16O2S/c1-10(13)11-6-3-4-7-12(11)14-8-5-9-15-2/h3-4,6-7H,5,8-9H2,1-2H3. The predicted octanol–water partition coefficient (Wildman–Crippen LogP) is 3.02. The number of thioether (sulfide) groups is 1. The normalized spacial score (nSPS) is 10.0. The molecule has 0 spiro atoms. The van der Waals surface area contributed by atoms with Gasteiger partial charge in [0.15, 0.2) is 5.78 Å². The van der Waals surface area contributed by atoms with Crippen LogP contribution in [0.3, 0.4) is 0 Å². The Kier molecular flexibility index (Phi) is 5.26. The summed E-state index contributed by atoms with van der Waals surface area (Å²) in [5, 5.41) is 0. The molecule has 0 aliphatic rings. The zero-order valence-corrected chi connectivity index (χ0v) is 9.97. The van der Waals surface area contributed by atoms with Crippen LogP contribution >= 0.6 is 11.8 Å². The summed E-state index contributed by atoms with van der Waals surface area (Å²) in [5.74, 6) is 1.84. The Morgan fingerprint density at radius 1 is 1.40 bits per heavy atom. The van der Waals surface area contributed by atoms with Crippen LogP contribution in [0, 0.1) is 0 Å². The maximum Gasteiger partial charge on any atom is 0.163 e. The average molecular weight is 224 g/mol. The molecular formula is C12H16O2S. The average Bonchev–Trinajstić information content (AvgIpc) is 2.25. The van der Waals surface area contributed by atoms with E-state index in [0.717, 1.165) is 12.2 Å². The fourth-order valence-electron chi connectivity index (χ4n) is 1.27. The van der Waals surface area contributed by atoms with Crippen LogP contribution in [0.2, 0.25) is 0 Å². The van der Waals surface area contributed by atoms with Crippen LogP contribution in [-0.2, 0) is 0 Å². The quantitative estimate of drug-likeness (QED) is 0.549. The molecule has 0 heterocycles. The number of ether oxygens (including phenoxy) is 1. The van der Waals surface area contributed by atoms with Crippen molar-refractivity contribution in [1.82, 2.24) is 0 Å². The van der Waals surface area contributed by atoms with Gasteiger partial charge >= 0.3 is 0 Å². The van der Waals surface area contributed by atoms with E-state index in [-0.39, 0.29) is 5.78 Å². The molecule has 0 N–H and O–H groups in total. The minimum absolute atomic E-state index is 0.0514. The number of rotatable bonds is 6. The van der Waals surface area contributed by atoms with E-state index >= 15 is 0 Å². The molecule has 0 bridgehead atoms. The highest BCUT2D eigenvalue weighted by molar-refractivity contribution is 7.98. The third-order valence-corrected chi connectivity index (χ3v) is 2.71. The molecule has 0 aliphatic carbocycles. The first-order valence-corrected chi connectivity index (χ1v) is 6.37. The van der Waals surface area contributed by atoms with Gasteiger partial charge in [0.25, 0.3) is 0 Å². The Hall–Kier alpha value is -0.960. The molecule has 0 saturated heterocycles. The summed E-state index contributed by atoms with van der Waals surface area (Å²) in [7, 11) is 0. The minimum Gasteiger partial charge on any atom is -0.493 e. The fraction of sp³-hybridized carbons (Fsp3) is 0.417. The van der Waals surface area contributed by atoms with Crippen LogP contribution in [0.4, 0.5) is 0 Å². The largest absolute Gasteiger partial charge is 0.493 e. The Bertz CT molecular complexity index is 323. The Balaban J connectivity index is 2.56. The van der Waals surface area contributed by atoms with E-state index in [1.54, 1.807) is 24.8 Å². The van der Waals surface area contributed by atoms with Gasteiger partial charge < -0.3 is 4.74 Å². The van der Waals surface area contributed by atoms with Gasteiger partial charge in [0.2, 0.25) is 0 Å². The second-order valence-corrected chi connectivity index (χ2v) is 4.23. The van der Waals surface area contributed by atoms with E-state index in [2.05, 4.69) is 6.26 Å². The minimum atomic E-state index is 0.0514. The summed E-state index contributed by atoms with van der Waals surface area (Å²) in [6.07, 6.45) is 3.08. The van der Waals surface area contributed by atoms with E-state index in [9.17, 15) is 4.79 Å². The fourth-order valence-corrected chi connectivity index (χ4v) is 1.68. The molecule has 3 heteroatoms. The van der Waals surface area contributed by atoms with Gasteiger partial charge in [-0.3, -0.25) is 4.79 Å². The Morgan fingerprint density at radius 2 is 2.13 bits per heavy atom. The van der Waals surface area contributed by atoms with E-state index in [4.69, 9.17) is 4.74 Å². The SMILES string of the molecule is CSCCCOc1ccccc1C(C)=O. The number of hydrogen-bond acceptors (Lipinski definition) is 3. The lowest BCUT2D eigenvalue weighted by atomic mass is 10.1. The zero-order valence-electron chi connectivity index (χ0n) is 9.16. The predicted molar refractivity (Wildman–Crippen MR) is 64.9 cm³/mol. The molecule has 1 rings (SSSR count). The number of para-hydroxylation sites is 1. The summed E-state index contributed by atoms with van der Waals surface area (Å²) in [6.45, 7) is 2.23. The second kappa shape index (κ2) is 6.51. The highest BCUT2D eigenvalue weighted by atomic mass is 32.2. The first-order valence-electron chi connectivity index (χ1n) is 4.97. The van der Waals surface area contributed by atoms with Gasteiger partial charge in [0.1, 0.15) is 5.75 Å². The van der Waals surface area contributed by atoms with Gasteiger partial charge in [0.05, 0.1) is 12.2 Å². The van der Waals surface area contributed by atoms with Gasteiger partial charge in [-0.05, 0) is 37.5 Å². The van der Waals surface area contributed by atoms with Crippen molar-refractivity contribution in [2.24, 2.45) is 0 Å². The van der Waals surface area contributed by atoms with Crippen LogP contribution in [0.15, 0.2) is 24.3 Å². The molecule has 15 heavy (non-hydrogen) atoms. The topological polar surface area (TPSA) is 26.3 Å². The summed E-state index contributed by atoms with van der Waals surface area (Å²) in [5.41, 5.74) is 0.668. The summed E-state index contributed by atoms with van der Waals surface area (Å²) >= 11 is 1.80. The first kappa shape index (κ1) is 12.1. The molecule has 0 saturated carbocycles. The van der Waals surface area contributed by atoms with Crippen LogP contribution in [0.5, 0.6) is 5.75 Å². The molecule has 0 radical (unpaired) electrons. The maximum atomic E-state index is 11.3. The van der Waals surface area contributed by atoms with Crippen molar-refractivity contribution in [2.75, 3.05) is 18.6 Å². The Labute approximate surface area is 95.0 Å². The lowest BCUT2D eigenvalue weighted by molar-refractivity contribution is 0.101. The van der Waals surface area contributed by atoms with Crippen LogP contribution in [-0.4, -0.2) is 24.4 Å². The first-order chi connectivity index (χ1) is 7.25. The van der Waals surface area contributed by atoms with Crippen LogP contribution in [0.1, 0.15) is 23.7 Å². The molecule has 0 amide bonds. The number of ketones is 1. The molecule has 0 aliphatic heterocycles. The van der Waals surface area contributed by atoms with Crippen molar-refractivity contribution in [3.63, 3.8) is 0 Å². The number of carbonyl (C=O) groups is 1. The monoisotopic (exact) mass is 224 g/mol. The summed E-state index contributed by atoms with van der Waals surface area (Å²) < 4.78 is 5.57. The number of carbonyl (C=O) groups excluding carboxylic acids is 1. The van der Waals surface area contributed by atoms with Gasteiger partial charge in [-0.2, -0.15) is 11.8 Å². The van der Waals surface area contributed by atoms with Gasteiger partial charge in [-0.1, -0.05) is 12.1 Å². The van der Waals surface area contributed by atoms with Crippen LogP contribution < -0.4 is 4.74 Å². The van der Waals surface area contributed by atoms with Crippen molar-refractivity contribution in [2.45, 2.75) is 13.3 Å². The van der Waals surface area contributed by atoms with Crippen molar-refractivity contribution in [3.05, 3.63) is 29.8 Å². The van der Waals surface area contributed by atoms with E-state index in [0.29, 0.717) is 17.9 Å². The highest BCUT2D eigenvalue weighted by Crippen LogP contribution is 2.18. The van der Waals surface area contributed by atoms with Gasteiger partial charge in [-0.25, -0.2) is 0 Å². The molecule has 1 aromatic carbocycles. The molecule has 2 nitrogen and oxygen atoms in total. The molecular weight excluding hydrogens is 208 g/mol. The van der Waals surface area contributed by atoms with E-state index < -0.39 is 0 Å². The maximum absolute atomic E-state index is 11.3. The highest BCUT2D eigenvalue weighted by Gasteiger charge is 2.06. The lowest BCUT2D eigenvalue weighted by Crippen LogP contribution is -2.03. The van der Waals surface area contributed by atoms with Crippen molar-refractivity contribution < 1.29 is 9.53 Å². The second-order valence-electron chi connectivity index (χ2n) is 3.25. The Morgan fingerprint density at radius 3 is 2.80 bits per heavy atom. The van der Waals surface area contributed by atoms with Crippen molar-refractivity contribution in [3.8, 4) is 5.75 Å². The molecule has 1 aromatic rings. The summed E-state index contributed by atoms with van der Waals surface area (Å²) in [6, 6.07) is 7.38. The van der Waals surface area contributed by atoms with Gasteiger partial charge in [0, 0.05) is 0 Å². The van der Waals surface area contributed by atoms with Crippen molar-refractivity contribution >= 4 is 17.5 Å². The van der Waals surface area contributed by atoms with E-state index in [1.165, 1.54) is 0 Å². The molecule has 0 unspecified atom stereocenters. The number of hydrogen-bond donors (Lipinski definition) is 0. The van der Waals surface area contributed by atoms with Crippen LogP contribution in [0.25, 0.3) is 0 Å². The number of Topliss-reactive ketones (excluding diaryl/α,β-unsaturated/α-hetero) is 1. The lowest BCUT2D eigenvalue weighted by Gasteiger charge is -2.08. The zero-order chi connectivity index (χ0) is 11.1. The van der Waals surface area contributed by atoms with Crippen molar-refractivity contribution in [1.29, 1.82) is 0 Å². The summed E-state index contributed by atoms with van der Waals surface area (Å²) in [4.78, 5) is 11.3. The molecule has 0 aromatic heterocycles. The third kappa shape index (κ3) is 3.96. The number of benzene rings is 1. The molecule has 82 valence electrons.